The Morgan fingerprint density at radius 1 is 1.34 bits per heavy atom. The van der Waals surface area contributed by atoms with E-state index in [0.717, 1.165) is 17.1 Å². The number of hydrogen-bond acceptors (Lipinski definition) is 9. The maximum Gasteiger partial charge on any atom is 0.348 e. The summed E-state index contributed by atoms with van der Waals surface area (Å²) in [6.45, 7) is 0.0783. The first kappa shape index (κ1) is 21.8. The van der Waals surface area contributed by atoms with E-state index in [9.17, 15) is 22.9 Å². The van der Waals surface area contributed by atoms with Gasteiger partial charge >= 0.3 is 7.52 Å². The van der Waals surface area contributed by atoms with Gasteiger partial charge in [-0.15, -0.1) is 0 Å². The average molecular weight is 479 g/mol. The molecule has 14 heteroatoms. The predicted molar refractivity (Wildman–Crippen MR) is 117 cm³/mol. The zero-order chi connectivity index (χ0) is 23.1. The van der Waals surface area contributed by atoms with Crippen LogP contribution in [0.2, 0.25) is 0 Å². The first-order chi connectivity index (χ1) is 15.1. The lowest BCUT2D eigenvalue weighted by atomic mass is 10.2. The Morgan fingerprint density at radius 3 is 2.78 bits per heavy atom. The molecule has 0 bridgehead atoms. The Hall–Kier alpha value is -3.41. The molecule has 1 unspecified atom stereocenters. The zero-order valence-corrected chi connectivity index (χ0v) is 18.6. The highest BCUT2D eigenvalue weighted by Crippen LogP contribution is 2.51. The van der Waals surface area contributed by atoms with E-state index < -0.39 is 28.9 Å². The lowest BCUT2D eigenvalue weighted by Gasteiger charge is -2.24. The summed E-state index contributed by atoms with van der Waals surface area (Å²) in [6, 6.07) is 5.90. The highest BCUT2D eigenvalue weighted by Gasteiger charge is 2.35. The molecule has 0 saturated heterocycles. The van der Waals surface area contributed by atoms with Crippen molar-refractivity contribution < 1.29 is 27.0 Å². The Kier molecular flexibility index (Phi) is 5.41. The number of aromatic hydroxyl groups is 1. The number of anilines is 2. The maximum absolute atomic E-state index is 13.4. The Bertz CT molecular complexity index is 1430. The highest BCUT2D eigenvalue weighted by atomic mass is 32.2. The van der Waals surface area contributed by atoms with Gasteiger partial charge in [0.1, 0.15) is 5.56 Å². The molecule has 168 valence electrons. The fraction of sp³-hybridized carbons (Fsp3) is 0.167. The van der Waals surface area contributed by atoms with Crippen LogP contribution in [0.5, 0.6) is 5.75 Å². The van der Waals surface area contributed by atoms with Crippen molar-refractivity contribution in [3.63, 3.8) is 0 Å². The summed E-state index contributed by atoms with van der Waals surface area (Å²) in [5.41, 5.74) is 0.187. The minimum Gasteiger partial charge on any atom is -0.505 e. The predicted octanol–water partition coefficient (Wildman–Crippen LogP) is 1.30. The third kappa shape index (κ3) is 4.17. The van der Waals surface area contributed by atoms with E-state index >= 15 is 0 Å². The number of aromatic nitrogens is 2. The number of furan rings is 1. The zero-order valence-electron chi connectivity index (χ0n) is 16.8. The quantitative estimate of drug-likeness (QED) is 0.442. The van der Waals surface area contributed by atoms with Gasteiger partial charge in [-0.1, -0.05) is 0 Å². The molecule has 32 heavy (non-hydrogen) atoms. The summed E-state index contributed by atoms with van der Waals surface area (Å²) in [6.07, 6.45) is 4.96. The van der Waals surface area contributed by atoms with Crippen molar-refractivity contribution >= 4 is 40.1 Å². The number of nitrogens with zero attached hydrogens (tertiary/aromatic N) is 3. The smallest absolute Gasteiger partial charge is 0.348 e. The van der Waals surface area contributed by atoms with E-state index in [0.29, 0.717) is 5.56 Å². The summed E-state index contributed by atoms with van der Waals surface area (Å²) < 4.78 is 54.1. The number of amidine groups is 1. The number of sulfonamides is 1. The van der Waals surface area contributed by atoms with Gasteiger partial charge in [-0.05, 0) is 24.3 Å². The van der Waals surface area contributed by atoms with Crippen LogP contribution in [0.25, 0.3) is 0 Å². The normalized spacial score (nSPS) is 17.9. The van der Waals surface area contributed by atoms with Gasteiger partial charge in [-0.25, -0.2) is 13.1 Å². The van der Waals surface area contributed by atoms with Gasteiger partial charge in [0, 0.05) is 18.4 Å². The Balaban J connectivity index is 1.80. The van der Waals surface area contributed by atoms with E-state index in [1.165, 1.54) is 37.8 Å². The van der Waals surface area contributed by atoms with E-state index in [-0.39, 0.29) is 34.6 Å². The van der Waals surface area contributed by atoms with E-state index in [1.54, 1.807) is 6.07 Å². The maximum atomic E-state index is 13.4. The molecule has 3 aromatic rings. The lowest BCUT2D eigenvalue weighted by molar-refractivity contribution is 0.404. The van der Waals surface area contributed by atoms with E-state index in [2.05, 4.69) is 19.9 Å². The van der Waals surface area contributed by atoms with Crippen molar-refractivity contribution in [3.05, 3.63) is 64.5 Å². The number of nitrogens with one attached hydrogen (secondary N) is 2. The van der Waals surface area contributed by atoms with Crippen LogP contribution in [0.1, 0.15) is 11.1 Å². The van der Waals surface area contributed by atoms with Gasteiger partial charge in [0.2, 0.25) is 10.0 Å². The molecule has 0 radical (unpaired) electrons. The summed E-state index contributed by atoms with van der Waals surface area (Å²) in [7, 11) is -6.30. The van der Waals surface area contributed by atoms with Crippen LogP contribution in [0, 0.1) is 0 Å². The van der Waals surface area contributed by atoms with Crippen LogP contribution in [-0.2, 0) is 25.7 Å². The van der Waals surface area contributed by atoms with Crippen molar-refractivity contribution in [3.8, 4) is 5.75 Å². The van der Waals surface area contributed by atoms with Gasteiger partial charge in [-0.2, -0.15) is 9.86 Å². The first-order valence-electron chi connectivity index (χ1n) is 9.05. The van der Waals surface area contributed by atoms with Crippen LogP contribution in [0.15, 0.2) is 57.0 Å². The SMILES string of the molecule is COP1(=O)N=C(c2c(O)cnn(Cc3ccoc3)c2=O)Nc2ccc(NS(C)(=O)=O)cc21. The second-order valence-electron chi connectivity index (χ2n) is 6.88. The van der Waals surface area contributed by atoms with Crippen molar-refractivity contribution in [2.75, 3.05) is 23.4 Å². The van der Waals surface area contributed by atoms with Crippen molar-refractivity contribution in [2.24, 2.45) is 4.76 Å². The number of rotatable bonds is 6. The molecule has 0 amide bonds. The minimum atomic E-state index is -3.91. The van der Waals surface area contributed by atoms with Crippen molar-refractivity contribution in [1.82, 2.24) is 9.78 Å². The van der Waals surface area contributed by atoms with Gasteiger partial charge in [-0.3, -0.25) is 14.1 Å². The molecule has 2 aromatic heterocycles. The molecule has 1 atom stereocenters. The fourth-order valence-corrected chi connectivity index (χ4v) is 5.20. The van der Waals surface area contributed by atoms with Crippen LogP contribution >= 0.6 is 7.52 Å². The summed E-state index contributed by atoms with van der Waals surface area (Å²) in [5, 5.41) is 17.2. The lowest BCUT2D eigenvalue weighted by Crippen LogP contribution is -2.34. The molecule has 0 aliphatic carbocycles. The minimum absolute atomic E-state index is 0.0783. The molecule has 0 fully saturated rings. The molecule has 3 N–H and O–H groups in total. The monoisotopic (exact) mass is 479 g/mol. The van der Waals surface area contributed by atoms with Gasteiger partial charge in [0.25, 0.3) is 5.56 Å². The standard InChI is InChI=1S/C18H18N5O7PS/c1-29-31(26)15-7-12(22-32(2,27)28)3-4-13(15)20-17(21-31)16-14(24)8-19-23(18(16)25)9-11-5-6-30-10-11/h3-8,10,22,24H,9H2,1-2H3,(H,20,21,26). The van der Waals surface area contributed by atoms with Crippen LogP contribution in [0.4, 0.5) is 11.4 Å². The molecule has 3 heterocycles. The van der Waals surface area contributed by atoms with Gasteiger partial charge < -0.3 is 19.4 Å². The Morgan fingerprint density at radius 2 is 2.12 bits per heavy atom. The van der Waals surface area contributed by atoms with Crippen LogP contribution < -0.4 is 20.9 Å². The van der Waals surface area contributed by atoms with Crippen LogP contribution in [0.3, 0.4) is 0 Å². The number of benzene rings is 1. The Labute approximate surface area is 182 Å². The first-order valence-corrected chi connectivity index (χ1v) is 12.5. The van der Waals surface area contributed by atoms with E-state index in [4.69, 9.17) is 8.94 Å². The van der Waals surface area contributed by atoms with Gasteiger partial charge in [0.15, 0.2) is 11.6 Å². The molecule has 12 nitrogen and oxygen atoms in total. The summed E-state index contributed by atoms with van der Waals surface area (Å²) in [5.74, 6) is -0.636. The topological polar surface area (TPSA) is 165 Å². The molecule has 1 aliphatic rings. The second kappa shape index (κ2) is 7.93. The number of fused-ring (bicyclic) bond motifs is 1. The molecular weight excluding hydrogens is 461 g/mol. The van der Waals surface area contributed by atoms with Crippen molar-refractivity contribution in [2.45, 2.75) is 6.54 Å². The average Bonchev–Trinajstić information content (AvgIpc) is 3.23. The second-order valence-corrected chi connectivity index (χ2v) is 10.7. The molecule has 0 spiro atoms. The highest BCUT2D eigenvalue weighted by molar-refractivity contribution is 7.92. The third-order valence-corrected chi connectivity index (χ3v) is 7.05. The summed E-state index contributed by atoms with van der Waals surface area (Å²) >= 11 is 0. The molecule has 1 aromatic carbocycles. The molecule has 4 rings (SSSR count). The van der Waals surface area contributed by atoms with E-state index in [1.807, 2.05) is 0 Å². The van der Waals surface area contributed by atoms with Gasteiger partial charge in [0.05, 0.1) is 42.5 Å². The summed E-state index contributed by atoms with van der Waals surface area (Å²) in [4.78, 5) is 13.0. The van der Waals surface area contributed by atoms with Crippen LogP contribution in [-0.4, -0.2) is 42.5 Å². The number of hydrogen-bond donors (Lipinski definition) is 3. The third-order valence-electron chi connectivity index (χ3n) is 4.51. The molecule has 1 aliphatic heterocycles. The molecular formula is C18H18N5O7PS. The fourth-order valence-electron chi connectivity index (χ4n) is 3.11. The molecule has 0 saturated carbocycles. The largest absolute Gasteiger partial charge is 0.505 e. The van der Waals surface area contributed by atoms with Crippen molar-refractivity contribution in [1.29, 1.82) is 0 Å².